The van der Waals surface area contributed by atoms with E-state index in [1.807, 2.05) is 55.5 Å². The first kappa shape index (κ1) is 21.5. The minimum absolute atomic E-state index is 0.162. The van der Waals surface area contributed by atoms with Gasteiger partial charge in [0.15, 0.2) is 5.16 Å². The van der Waals surface area contributed by atoms with E-state index in [0.717, 1.165) is 22.9 Å². The second-order valence-corrected chi connectivity index (χ2v) is 9.42. The zero-order valence-corrected chi connectivity index (χ0v) is 19.6. The third-order valence-electron chi connectivity index (χ3n) is 5.45. The van der Waals surface area contributed by atoms with Crippen molar-refractivity contribution in [2.24, 2.45) is 5.92 Å². The molecule has 0 radical (unpaired) electrons. The molecule has 0 aliphatic rings. The predicted molar refractivity (Wildman–Crippen MR) is 129 cm³/mol. The van der Waals surface area contributed by atoms with E-state index < -0.39 is 0 Å². The second-order valence-electron chi connectivity index (χ2n) is 8.48. The molecule has 7 nitrogen and oxygen atoms in total. The van der Waals surface area contributed by atoms with Crippen molar-refractivity contribution in [3.8, 4) is 11.4 Å². The minimum atomic E-state index is -0.162. The van der Waals surface area contributed by atoms with Crippen LogP contribution in [0.25, 0.3) is 33.5 Å². The first-order valence-electron chi connectivity index (χ1n) is 10.9. The number of nitrogens with zero attached hydrogens (tertiary/aromatic N) is 4. The van der Waals surface area contributed by atoms with E-state index in [2.05, 4.69) is 24.0 Å². The van der Waals surface area contributed by atoms with Gasteiger partial charge in [-0.05, 0) is 37.5 Å². The summed E-state index contributed by atoms with van der Waals surface area (Å²) in [4.78, 5) is 22.7. The Morgan fingerprint density at radius 3 is 2.76 bits per heavy atom. The second kappa shape index (κ2) is 8.86. The summed E-state index contributed by atoms with van der Waals surface area (Å²) in [6.45, 7) is 6.86. The van der Waals surface area contributed by atoms with Gasteiger partial charge in [0.1, 0.15) is 11.1 Å². The van der Waals surface area contributed by atoms with Gasteiger partial charge >= 0.3 is 0 Å². The Balaban J connectivity index is 1.49. The van der Waals surface area contributed by atoms with Crippen molar-refractivity contribution in [2.45, 2.75) is 44.6 Å². The van der Waals surface area contributed by atoms with E-state index in [9.17, 15) is 4.79 Å². The number of aromatic nitrogens is 4. The van der Waals surface area contributed by atoms with Crippen LogP contribution < -0.4 is 5.56 Å². The summed E-state index contributed by atoms with van der Waals surface area (Å²) in [5.41, 5.74) is 3.42. The zero-order valence-electron chi connectivity index (χ0n) is 18.7. The van der Waals surface area contributed by atoms with E-state index >= 15 is 0 Å². The largest absolute Gasteiger partial charge is 0.448 e. The molecule has 0 bridgehead atoms. The Kier molecular flexibility index (Phi) is 5.76. The molecule has 3 aromatic heterocycles. The van der Waals surface area contributed by atoms with Crippen LogP contribution in [-0.2, 0) is 12.3 Å². The zero-order chi connectivity index (χ0) is 22.9. The van der Waals surface area contributed by atoms with E-state index in [-0.39, 0.29) is 5.56 Å². The van der Waals surface area contributed by atoms with Gasteiger partial charge in [-0.25, -0.2) is 4.98 Å². The van der Waals surface area contributed by atoms with Gasteiger partial charge in [-0.15, -0.1) is 0 Å². The average molecular weight is 461 g/mol. The highest BCUT2D eigenvalue weighted by Crippen LogP contribution is 2.29. The van der Waals surface area contributed by atoms with Crippen molar-refractivity contribution < 1.29 is 8.94 Å². The SMILES string of the molecule is Cc1cccc(-c2noc(CSc3nc4c(oc5ccccc54)c(=O)n3CCC(C)C)n2)c1. The summed E-state index contributed by atoms with van der Waals surface area (Å²) in [6, 6.07) is 15.6. The Labute approximate surface area is 194 Å². The van der Waals surface area contributed by atoms with Crippen LogP contribution in [0.5, 0.6) is 0 Å². The number of rotatable bonds is 7. The highest BCUT2D eigenvalue weighted by molar-refractivity contribution is 7.98. The van der Waals surface area contributed by atoms with Crippen LogP contribution >= 0.6 is 11.8 Å². The molecule has 3 heterocycles. The lowest BCUT2D eigenvalue weighted by atomic mass is 10.1. The first-order valence-corrected chi connectivity index (χ1v) is 11.9. The van der Waals surface area contributed by atoms with Crippen LogP contribution in [0.4, 0.5) is 0 Å². The summed E-state index contributed by atoms with van der Waals surface area (Å²) in [5.74, 6) is 1.90. The molecule has 0 spiro atoms. The molecule has 33 heavy (non-hydrogen) atoms. The lowest BCUT2D eigenvalue weighted by molar-refractivity contribution is 0.391. The monoisotopic (exact) mass is 460 g/mol. The summed E-state index contributed by atoms with van der Waals surface area (Å²) >= 11 is 1.42. The maximum absolute atomic E-state index is 13.3. The highest BCUT2D eigenvalue weighted by atomic mass is 32.2. The number of fused-ring (bicyclic) bond motifs is 3. The van der Waals surface area contributed by atoms with Gasteiger partial charge in [-0.2, -0.15) is 4.98 Å². The van der Waals surface area contributed by atoms with Gasteiger partial charge in [0.05, 0.1) is 5.75 Å². The Morgan fingerprint density at radius 2 is 1.94 bits per heavy atom. The molecular weight excluding hydrogens is 436 g/mol. The van der Waals surface area contributed by atoms with Crippen molar-refractivity contribution in [1.29, 1.82) is 0 Å². The molecule has 0 aliphatic carbocycles. The lowest BCUT2D eigenvalue weighted by Crippen LogP contribution is -2.23. The van der Waals surface area contributed by atoms with Gasteiger partial charge in [0, 0.05) is 17.5 Å². The number of hydrogen-bond acceptors (Lipinski definition) is 7. The molecule has 0 aliphatic heterocycles. The van der Waals surface area contributed by atoms with Crippen molar-refractivity contribution in [2.75, 3.05) is 0 Å². The number of furan rings is 1. The molecule has 0 amide bonds. The fourth-order valence-corrected chi connectivity index (χ4v) is 4.54. The molecule has 0 fully saturated rings. The molecule has 5 aromatic rings. The molecule has 2 aromatic carbocycles. The molecule has 0 saturated heterocycles. The minimum Gasteiger partial charge on any atom is -0.448 e. The summed E-state index contributed by atoms with van der Waals surface area (Å²) in [7, 11) is 0. The fraction of sp³-hybridized carbons (Fsp3) is 0.280. The molecule has 0 saturated carbocycles. The van der Waals surface area contributed by atoms with Crippen molar-refractivity contribution in [1.82, 2.24) is 19.7 Å². The number of thioether (sulfide) groups is 1. The molecule has 0 N–H and O–H groups in total. The topological polar surface area (TPSA) is 87.0 Å². The van der Waals surface area contributed by atoms with E-state index in [1.165, 1.54) is 11.8 Å². The van der Waals surface area contributed by atoms with E-state index in [4.69, 9.17) is 13.9 Å². The van der Waals surface area contributed by atoms with E-state index in [0.29, 0.717) is 51.8 Å². The van der Waals surface area contributed by atoms with Crippen LogP contribution in [0.3, 0.4) is 0 Å². The van der Waals surface area contributed by atoms with Crippen LogP contribution in [0.2, 0.25) is 0 Å². The molecule has 168 valence electrons. The van der Waals surface area contributed by atoms with E-state index in [1.54, 1.807) is 4.57 Å². The third kappa shape index (κ3) is 4.30. The average Bonchev–Trinajstić information content (AvgIpc) is 3.42. The number of hydrogen-bond donors (Lipinski definition) is 0. The molecule has 0 atom stereocenters. The van der Waals surface area contributed by atoms with Gasteiger partial charge in [-0.3, -0.25) is 9.36 Å². The van der Waals surface area contributed by atoms with Crippen molar-refractivity contribution in [3.63, 3.8) is 0 Å². The van der Waals surface area contributed by atoms with Crippen LogP contribution in [0.15, 0.2) is 67.4 Å². The molecule has 0 unspecified atom stereocenters. The van der Waals surface area contributed by atoms with Crippen molar-refractivity contribution in [3.05, 3.63) is 70.3 Å². The van der Waals surface area contributed by atoms with Crippen LogP contribution in [0, 0.1) is 12.8 Å². The Bertz CT molecular complexity index is 1500. The normalized spacial score (nSPS) is 11.8. The quantitative estimate of drug-likeness (QED) is 0.223. The number of aryl methyl sites for hydroxylation is 1. The fourth-order valence-electron chi connectivity index (χ4n) is 3.69. The third-order valence-corrected chi connectivity index (χ3v) is 6.41. The summed E-state index contributed by atoms with van der Waals surface area (Å²) < 4.78 is 13.0. The molecule has 8 heteroatoms. The maximum atomic E-state index is 13.3. The Hall–Kier alpha value is -3.39. The Morgan fingerprint density at radius 1 is 1.09 bits per heavy atom. The van der Waals surface area contributed by atoms with Crippen LogP contribution in [-0.4, -0.2) is 19.7 Å². The number of para-hydroxylation sites is 1. The predicted octanol–water partition coefficient (Wildman–Crippen LogP) is 5.84. The smallest absolute Gasteiger partial charge is 0.297 e. The molecule has 5 rings (SSSR count). The van der Waals surface area contributed by atoms with Gasteiger partial charge < -0.3 is 8.94 Å². The number of benzene rings is 2. The van der Waals surface area contributed by atoms with Crippen LogP contribution in [0.1, 0.15) is 31.7 Å². The van der Waals surface area contributed by atoms with Crippen molar-refractivity contribution >= 4 is 33.8 Å². The lowest BCUT2D eigenvalue weighted by Gasteiger charge is -2.12. The maximum Gasteiger partial charge on any atom is 0.297 e. The van der Waals surface area contributed by atoms with Gasteiger partial charge in [-0.1, -0.05) is 66.7 Å². The standard InChI is InChI=1S/C25H24N4O3S/c1-15(2)11-12-29-24(30)22-21(18-9-4-5-10-19(18)31-22)27-25(29)33-14-20-26-23(28-32-20)17-8-6-7-16(3)13-17/h4-10,13,15H,11-12,14H2,1-3H3. The van der Waals surface area contributed by atoms with Gasteiger partial charge in [0.2, 0.25) is 17.3 Å². The van der Waals surface area contributed by atoms with Gasteiger partial charge in [0.25, 0.3) is 5.56 Å². The summed E-state index contributed by atoms with van der Waals surface area (Å²) in [5, 5.41) is 5.57. The molecular formula is C25H24N4O3S. The summed E-state index contributed by atoms with van der Waals surface area (Å²) in [6.07, 6.45) is 0.860. The highest BCUT2D eigenvalue weighted by Gasteiger charge is 2.19. The first-order chi connectivity index (χ1) is 16.0.